The van der Waals surface area contributed by atoms with E-state index in [1.807, 2.05) is 0 Å². The van der Waals surface area contributed by atoms with Crippen LogP contribution in [0.3, 0.4) is 0 Å². The van der Waals surface area contributed by atoms with Gasteiger partial charge in [-0.05, 0) is 34.1 Å². The smallest absolute Gasteiger partial charge is 0.327 e. The standard InChI is InChI=1S/C19H19BrF3N4O5PS/c20-9-3-10(5-26-4-9)34-19-18(32-33(28)29)16(17-14(31-19)7-30-17)27(25)6-13(24)8-1-11(21)15(23)12(22)2-8/h1-6,14,16-19,28-29H,7,24-25H2/b13-6-. The lowest BCUT2D eigenvalue weighted by molar-refractivity contribution is -0.266. The van der Waals surface area contributed by atoms with Crippen LogP contribution in [0.5, 0.6) is 0 Å². The molecular weight excluding hydrogens is 564 g/mol. The van der Waals surface area contributed by atoms with E-state index in [1.54, 1.807) is 18.5 Å². The number of thioether (sulfide) groups is 1. The third-order valence-electron chi connectivity index (χ3n) is 5.17. The molecule has 0 aliphatic carbocycles. The third kappa shape index (κ3) is 5.50. The lowest BCUT2D eigenvalue weighted by atomic mass is 9.93. The highest BCUT2D eigenvalue weighted by molar-refractivity contribution is 9.10. The lowest BCUT2D eigenvalue weighted by Crippen LogP contribution is -2.70. The number of rotatable bonds is 7. The second-order valence-electron chi connectivity index (χ2n) is 7.40. The molecule has 34 heavy (non-hydrogen) atoms. The van der Waals surface area contributed by atoms with Crippen molar-refractivity contribution < 1.29 is 37.0 Å². The lowest BCUT2D eigenvalue weighted by Gasteiger charge is -2.53. The highest BCUT2D eigenvalue weighted by Gasteiger charge is 2.54. The van der Waals surface area contributed by atoms with Crippen molar-refractivity contribution in [2.75, 3.05) is 6.61 Å². The van der Waals surface area contributed by atoms with Crippen LogP contribution in [0.15, 0.2) is 46.2 Å². The second-order valence-corrected chi connectivity index (χ2v) is 10.2. The van der Waals surface area contributed by atoms with Crippen LogP contribution in [-0.4, -0.2) is 56.2 Å². The van der Waals surface area contributed by atoms with E-state index in [1.165, 1.54) is 18.0 Å². The van der Waals surface area contributed by atoms with E-state index in [-0.39, 0.29) is 24.0 Å². The predicted octanol–water partition coefficient (Wildman–Crippen LogP) is 2.58. The molecule has 1 aromatic carbocycles. The third-order valence-corrected chi connectivity index (χ3v) is 7.14. The number of nitrogens with two attached hydrogens (primary N) is 2. The molecule has 9 nitrogen and oxygen atoms in total. The van der Waals surface area contributed by atoms with Crippen LogP contribution >= 0.6 is 36.3 Å². The van der Waals surface area contributed by atoms with Crippen molar-refractivity contribution in [3.8, 4) is 0 Å². The Labute approximate surface area is 206 Å². The largest absolute Gasteiger partial charge is 0.397 e. The first-order valence-electron chi connectivity index (χ1n) is 9.68. The summed E-state index contributed by atoms with van der Waals surface area (Å²) < 4.78 is 58.3. The number of benzene rings is 1. The Morgan fingerprint density at radius 1 is 1.26 bits per heavy atom. The summed E-state index contributed by atoms with van der Waals surface area (Å²) in [7, 11) is -2.82. The first-order valence-corrected chi connectivity index (χ1v) is 12.5. The van der Waals surface area contributed by atoms with Gasteiger partial charge < -0.3 is 34.5 Å². The number of hydrogen-bond donors (Lipinski definition) is 4. The van der Waals surface area contributed by atoms with Crippen LogP contribution in [-0.2, 0) is 14.0 Å². The highest BCUT2D eigenvalue weighted by atomic mass is 79.9. The van der Waals surface area contributed by atoms with E-state index in [0.717, 1.165) is 21.6 Å². The maximum atomic E-state index is 13.6. The Hall–Kier alpha value is -1.48. The number of pyridine rings is 1. The minimum absolute atomic E-state index is 0.139. The number of aromatic nitrogens is 1. The van der Waals surface area contributed by atoms with Gasteiger partial charge in [0.1, 0.15) is 29.8 Å². The SMILES string of the molecule is N/C(=C\N(N)C1C2OCC2OC(Sc2cncc(Br)c2)C1OP(O)O)c1cc(F)c(F)c(F)c1. The summed E-state index contributed by atoms with van der Waals surface area (Å²) in [6, 6.07) is 2.44. The van der Waals surface area contributed by atoms with E-state index in [4.69, 9.17) is 25.6 Å². The molecule has 5 unspecified atom stereocenters. The molecule has 2 aromatic rings. The minimum atomic E-state index is -2.82. The van der Waals surface area contributed by atoms with Crippen molar-refractivity contribution in [3.05, 3.63) is 64.3 Å². The molecule has 0 spiro atoms. The van der Waals surface area contributed by atoms with Gasteiger partial charge in [0.15, 0.2) is 17.5 Å². The number of ether oxygens (including phenoxy) is 2. The molecule has 1 aromatic heterocycles. The Morgan fingerprint density at radius 2 is 1.97 bits per heavy atom. The van der Waals surface area contributed by atoms with Crippen molar-refractivity contribution in [2.24, 2.45) is 11.6 Å². The molecule has 0 amide bonds. The second kappa shape index (κ2) is 10.6. The molecule has 0 bridgehead atoms. The summed E-state index contributed by atoms with van der Waals surface area (Å²) in [6.45, 7) is 0.274. The van der Waals surface area contributed by atoms with Crippen LogP contribution in [0, 0.1) is 17.5 Å². The average Bonchev–Trinajstić information content (AvgIpc) is 2.74. The minimum Gasteiger partial charge on any atom is -0.397 e. The van der Waals surface area contributed by atoms with Gasteiger partial charge in [-0.25, -0.2) is 19.0 Å². The van der Waals surface area contributed by atoms with Gasteiger partial charge >= 0.3 is 8.60 Å². The van der Waals surface area contributed by atoms with Gasteiger partial charge in [0.2, 0.25) is 0 Å². The van der Waals surface area contributed by atoms with Crippen LogP contribution in [0.2, 0.25) is 0 Å². The molecule has 15 heteroatoms. The molecular formula is C19H19BrF3N4O5PS. The molecule has 2 saturated heterocycles. The monoisotopic (exact) mass is 582 g/mol. The van der Waals surface area contributed by atoms with Gasteiger partial charge in [0, 0.05) is 33.5 Å². The van der Waals surface area contributed by atoms with Crippen molar-refractivity contribution in [1.82, 2.24) is 9.99 Å². The number of hydrazine groups is 1. The average molecular weight is 583 g/mol. The van der Waals surface area contributed by atoms with E-state index in [2.05, 4.69) is 20.9 Å². The summed E-state index contributed by atoms with van der Waals surface area (Å²) in [4.78, 5) is 24.0. The maximum Gasteiger partial charge on any atom is 0.327 e. The molecule has 184 valence electrons. The zero-order chi connectivity index (χ0) is 24.6. The van der Waals surface area contributed by atoms with Gasteiger partial charge in [0.25, 0.3) is 0 Å². The van der Waals surface area contributed by atoms with Crippen LogP contribution in [0.1, 0.15) is 5.56 Å². The number of hydrogen-bond acceptors (Lipinski definition) is 10. The highest BCUT2D eigenvalue weighted by Crippen LogP contribution is 2.44. The van der Waals surface area contributed by atoms with Crippen LogP contribution < -0.4 is 11.6 Å². The Kier molecular flexibility index (Phi) is 8.02. The molecule has 3 heterocycles. The van der Waals surface area contributed by atoms with Crippen molar-refractivity contribution in [1.29, 1.82) is 0 Å². The van der Waals surface area contributed by atoms with Gasteiger partial charge in [-0.1, -0.05) is 11.8 Å². The molecule has 2 fully saturated rings. The van der Waals surface area contributed by atoms with Crippen molar-refractivity contribution in [2.45, 2.75) is 34.7 Å². The molecule has 6 N–H and O–H groups in total. The first-order chi connectivity index (χ1) is 16.1. The quantitative estimate of drug-likeness (QED) is 0.167. The summed E-state index contributed by atoms with van der Waals surface area (Å²) in [5, 5.41) is 1.10. The molecule has 2 aliphatic rings. The summed E-state index contributed by atoms with van der Waals surface area (Å²) in [5.41, 5.74) is 4.91. The van der Waals surface area contributed by atoms with Gasteiger partial charge in [0.05, 0.1) is 12.3 Å². The Balaban J connectivity index is 1.63. The first kappa shape index (κ1) is 25.6. The summed E-state index contributed by atoms with van der Waals surface area (Å²) in [5.74, 6) is 1.81. The molecule has 4 rings (SSSR count). The Bertz CT molecular complexity index is 1070. The zero-order valence-corrected chi connectivity index (χ0v) is 20.4. The number of nitrogens with zero attached hydrogens (tertiary/aromatic N) is 2. The van der Waals surface area contributed by atoms with E-state index < -0.39 is 49.7 Å². The van der Waals surface area contributed by atoms with E-state index in [9.17, 15) is 23.0 Å². The van der Waals surface area contributed by atoms with E-state index >= 15 is 0 Å². The predicted molar refractivity (Wildman–Crippen MR) is 121 cm³/mol. The zero-order valence-electron chi connectivity index (χ0n) is 17.1. The van der Waals surface area contributed by atoms with Crippen molar-refractivity contribution in [3.63, 3.8) is 0 Å². The summed E-state index contributed by atoms with van der Waals surface area (Å²) >= 11 is 4.57. The number of fused-ring (bicyclic) bond motifs is 1. The molecule has 0 radical (unpaired) electrons. The van der Waals surface area contributed by atoms with Crippen LogP contribution in [0.4, 0.5) is 13.2 Å². The molecule has 5 atom stereocenters. The molecule has 2 aliphatic heterocycles. The van der Waals surface area contributed by atoms with Crippen LogP contribution in [0.25, 0.3) is 5.70 Å². The van der Waals surface area contributed by atoms with E-state index in [0.29, 0.717) is 4.90 Å². The number of halogens is 4. The maximum absolute atomic E-state index is 13.6. The molecule has 0 saturated carbocycles. The van der Waals surface area contributed by atoms with Gasteiger partial charge in [-0.2, -0.15) is 0 Å². The fourth-order valence-electron chi connectivity index (χ4n) is 3.61. The fourth-order valence-corrected chi connectivity index (χ4v) is 5.79. The Morgan fingerprint density at radius 3 is 2.56 bits per heavy atom. The normalized spacial score (nSPS) is 26.8. The fraction of sp³-hybridized carbons (Fsp3) is 0.316. The van der Waals surface area contributed by atoms with Gasteiger partial charge in [-0.15, -0.1) is 0 Å². The summed E-state index contributed by atoms with van der Waals surface area (Å²) in [6.07, 6.45) is 2.36. The topological polar surface area (TPSA) is 136 Å². The van der Waals surface area contributed by atoms with Crippen molar-refractivity contribution >= 4 is 42.0 Å². The van der Waals surface area contributed by atoms with Gasteiger partial charge in [-0.3, -0.25) is 4.98 Å².